The van der Waals surface area contributed by atoms with E-state index in [9.17, 15) is 9.18 Å². The molecule has 0 bridgehead atoms. The van der Waals surface area contributed by atoms with Crippen molar-refractivity contribution in [1.29, 1.82) is 0 Å². The van der Waals surface area contributed by atoms with Crippen molar-refractivity contribution >= 4 is 5.91 Å². The SMILES string of the molecule is CC1NC(c2ccccc2F)N(CCCCN(C)C)C1=O. The van der Waals surface area contributed by atoms with Gasteiger partial charge in [-0.3, -0.25) is 10.1 Å². The van der Waals surface area contributed by atoms with E-state index in [-0.39, 0.29) is 23.9 Å². The van der Waals surface area contributed by atoms with Gasteiger partial charge >= 0.3 is 0 Å². The van der Waals surface area contributed by atoms with Gasteiger partial charge in [0.25, 0.3) is 0 Å². The lowest BCUT2D eigenvalue weighted by molar-refractivity contribution is -0.129. The minimum absolute atomic E-state index is 0.0492. The molecule has 5 heteroatoms. The van der Waals surface area contributed by atoms with E-state index in [1.54, 1.807) is 23.1 Å². The molecule has 21 heavy (non-hydrogen) atoms. The topological polar surface area (TPSA) is 35.6 Å². The summed E-state index contributed by atoms with van der Waals surface area (Å²) in [4.78, 5) is 16.1. The predicted molar refractivity (Wildman–Crippen MR) is 81.2 cm³/mol. The van der Waals surface area contributed by atoms with E-state index in [1.165, 1.54) is 6.07 Å². The Bertz CT molecular complexity index is 492. The molecule has 1 aromatic rings. The Balaban J connectivity index is 2.05. The summed E-state index contributed by atoms with van der Waals surface area (Å²) in [6.45, 7) is 3.48. The van der Waals surface area contributed by atoms with Gasteiger partial charge in [-0.05, 0) is 46.5 Å². The van der Waals surface area contributed by atoms with Gasteiger partial charge in [-0.15, -0.1) is 0 Å². The molecule has 1 aliphatic rings. The number of nitrogens with one attached hydrogen (secondary N) is 1. The average Bonchev–Trinajstić information content (AvgIpc) is 2.71. The van der Waals surface area contributed by atoms with Crippen LogP contribution in [0.4, 0.5) is 4.39 Å². The first-order chi connectivity index (χ1) is 10.0. The molecule has 2 rings (SSSR count). The molecule has 1 amide bonds. The van der Waals surface area contributed by atoms with Gasteiger partial charge in [0.1, 0.15) is 12.0 Å². The second-order valence-corrected chi connectivity index (χ2v) is 5.85. The average molecular weight is 293 g/mol. The van der Waals surface area contributed by atoms with Crippen LogP contribution in [0.25, 0.3) is 0 Å². The molecule has 1 fully saturated rings. The maximum absolute atomic E-state index is 14.0. The maximum atomic E-state index is 14.0. The number of hydrogen-bond acceptors (Lipinski definition) is 3. The zero-order chi connectivity index (χ0) is 15.4. The van der Waals surface area contributed by atoms with Gasteiger partial charge in [0.05, 0.1) is 6.04 Å². The fourth-order valence-electron chi connectivity index (χ4n) is 2.68. The smallest absolute Gasteiger partial charge is 0.241 e. The lowest BCUT2D eigenvalue weighted by Gasteiger charge is -2.25. The summed E-state index contributed by atoms with van der Waals surface area (Å²) in [5.74, 6) is -0.219. The first-order valence-corrected chi connectivity index (χ1v) is 7.46. The van der Waals surface area contributed by atoms with Gasteiger partial charge in [-0.1, -0.05) is 18.2 Å². The highest BCUT2D eigenvalue weighted by Crippen LogP contribution is 2.27. The number of rotatable bonds is 6. The highest BCUT2D eigenvalue weighted by atomic mass is 19.1. The Hall–Kier alpha value is -1.46. The molecule has 0 aliphatic carbocycles. The monoisotopic (exact) mass is 293 g/mol. The number of nitrogens with zero attached hydrogens (tertiary/aromatic N) is 2. The van der Waals surface area contributed by atoms with Crippen LogP contribution in [0.15, 0.2) is 24.3 Å². The van der Waals surface area contributed by atoms with Gasteiger partial charge in [0, 0.05) is 12.1 Å². The number of carbonyl (C=O) groups is 1. The predicted octanol–water partition coefficient (Wildman–Crippen LogP) is 1.99. The Labute approximate surface area is 125 Å². The summed E-state index contributed by atoms with van der Waals surface area (Å²) in [5, 5.41) is 3.19. The van der Waals surface area contributed by atoms with E-state index in [4.69, 9.17) is 0 Å². The summed E-state index contributed by atoms with van der Waals surface area (Å²) >= 11 is 0. The van der Waals surface area contributed by atoms with Crippen LogP contribution in [-0.2, 0) is 4.79 Å². The molecular formula is C16H24FN3O. The fraction of sp³-hybridized carbons (Fsp3) is 0.562. The van der Waals surface area contributed by atoms with Crippen LogP contribution in [-0.4, -0.2) is 48.9 Å². The molecule has 0 aromatic heterocycles. The molecule has 0 radical (unpaired) electrons. The summed E-state index contributed by atoms with van der Waals surface area (Å²) in [6, 6.07) is 6.39. The van der Waals surface area contributed by atoms with E-state index >= 15 is 0 Å². The minimum Gasteiger partial charge on any atom is -0.321 e. The number of amides is 1. The first-order valence-electron chi connectivity index (χ1n) is 7.46. The van der Waals surface area contributed by atoms with Crippen molar-refractivity contribution in [3.63, 3.8) is 0 Å². The van der Waals surface area contributed by atoms with Crippen molar-refractivity contribution in [3.05, 3.63) is 35.6 Å². The van der Waals surface area contributed by atoms with E-state index in [0.29, 0.717) is 12.1 Å². The van der Waals surface area contributed by atoms with Crippen LogP contribution in [0.3, 0.4) is 0 Å². The van der Waals surface area contributed by atoms with Crippen molar-refractivity contribution in [1.82, 2.24) is 15.1 Å². The number of carbonyl (C=O) groups excluding carboxylic acids is 1. The van der Waals surface area contributed by atoms with Gasteiger partial charge in [-0.25, -0.2) is 4.39 Å². The van der Waals surface area contributed by atoms with Crippen LogP contribution in [0, 0.1) is 5.82 Å². The molecule has 1 aromatic carbocycles. The summed E-state index contributed by atoms with van der Waals surface area (Å²) < 4.78 is 14.0. The van der Waals surface area contributed by atoms with Crippen molar-refractivity contribution < 1.29 is 9.18 Å². The Kier molecular flexibility index (Phi) is 5.31. The van der Waals surface area contributed by atoms with Gasteiger partial charge in [-0.2, -0.15) is 0 Å². The largest absolute Gasteiger partial charge is 0.321 e. The molecule has 1 saturated heterocycles. The third-order valence-corrected chi connectivity index (χ3v) is 3.83. The lowest BCUT2D eigenvalue weighted by atomic mass is 10.1. The molecule has 1 heterocycles. The molecule has 4 nitrogen and oxygen atoms in total. The third kappa shape index (κ3) is 3.80. The molecule has 1 N–H and O–H groups in total. The summed E-state index contributed by atoms with van der Waals surface area (Å²) in [7, 11) is 4.07. The zero-order valence-electron chi connectivity index (χ0n) is 13.0. The highest BCUT2D eigenvalue weighted by molar-refractivity contribution is 5.84. The fourth-order valence-corrected chi connectivity index (χ4v) is 2.68. The van der Waals surface area contributed by atoms with Crippen LogP contribution in [0.5, 0.6) is 0 Å². The summed E-state index contributed by atoms with van der Waals surface area (Å²) in [6.07, 6.45) is 1.59. The second-order valence-electron chi connectivity index (χ2n) is 5.85. The number of unbranched alkanes of at least 4 members (excludes halogenated alkanes) is 1. The van der Waals surface area contributed by atoms with Gasteiger partial charge in [0.2, 0.25) is 5.91 Å². The zero-order valence-corrected chi connectivity index (χ0v) is 13.0. The van der Waals surface area contributed by atoms with E-state index in [2.05, 4.69) is 10.2 Å². The third-order valence-electron chi connectivity index (χ3n) is 3.83. The Morgan fingerprint density at radius 2 is 2.00 bits per heavy atom. The second kappa shape index (κ2) is 7.00. The van der Waals surface area contributed by atoms with Crippen LogP contribution in [0.1, 0.15) is 31.5 Å². The maximum Gasteiger partial charge on any atom is 0.241 e. The molecule has 0 saturated carbocycles. The van der Waals surface area contributed by atoms with Crippen LogP contribution >= 0.6 is 0 Å². The standard InChI is InChI=1S/C16H24FN3O/c1-12-16(21)20(11-7-6-10-19(2)3)15(18-12)13-8-4-5-9-14(13)17/h4-5,8-9,12,15,18H,6-7,10-11H2,1-3H3. The minimum atomic E-state index is -0.354. The van der Waals surface area contributed by atoms with Crippen molar-refractivity contribution in [2.24, 2.45) is 0 Å². The molecule has 2 unspecified atom stereocenters. The molecular weight excluding hydrogens is 269 g/mol. The number of benzene rings is 1. The van der Waals surface area contributed by atoms with Gasteiger partial charge in [0.15, 0.2) is 0 Å². The van der Waals surface area contributed by atoms with E-state index in [0.717, 1.165) is 19.4 Å². The number of hydrogen-bond donors (Lipinski definition) is 1. The van der Waals surface area contributed by atoms with Crippen molar-refractivity contribution in [2.45, 2.75) is 32.0 Å². The van der Waals surface area contributed by atoms with Crippen LogP contribution < -0.4 is 5.32 Å². The Morgan fingerprint density at radius 3 is 2.67 bits per heavy atom. The number of halogens is 1. The van der Waals surface area contributed by atoms with E-state index < -0.39 is 0 Å². The molecule has 0 spiro atoms. The first kappa shape index (κ1) is 15.9. The quantitative estimate of drug-likeness (QED) is 0.815. The summed E-state index contributed by atoms with van der Waals surface area (Å²) in [5.41, 5.74) is 0.544. The van der Waals surface area contributed by atoms with Crippen molar-refractivity contribution in [3.8, 4) is 0 Å². The molecule has 2 atom stereocenters. The molecule has 116 valence electrons. The molecule has 1 aliphatic heterocycles. The van der Waals surface area contributed by atoms with Crippen molar-refractivity contribution in [2.75, 3.05) is 27.2 Å². The van der Waals surface area contributed by atoms with Crippen LogP contribution in [0.2, 0.25) is 0 Å². The Morgan fingerprint density at radius 1 is 1.29 bits per heavy atom. The van der Waals surface area contributed by atoms with Gasteiger partial charge < -0.3 is 9.80 Å². The van der Waals surface area contributed by atoms with E-state index in [1.807, 2.05) is 21.0 Å². The highest BCUT2D eigenvalue weighted by Gasteiger charge is 2.37. The normalized spacial score (nSPS) is 22.3. The lowest BCUT2D eigenvalue weighted by Crippen LogP contribution is -2.32.